The number of aromatic nitrogens is 2. The molecule has 3 rings (SSSR count). The quantitative estimate of drug-likeness (QED) is 0.846. The Hall–Kier alpha value is -2.67. The SMILES string of the molecule is COc1ccccc1[C@H]1CN(Cc2cnc(N(C)C)nc2)C[C@@H]1C(=O)O. The van der Waals surface area contributed by atoms with Crippen LogP contribution in [0.5, 0.6) is 5.75 Å². The van der Waals surface area contributed by atoms with E-state index in [0.717, 1.165) is 16.9 Å². The van der Waals surface area contributed by atoms with Gasteiger partial charge in [-0.15, -0.1) is 0 Å². The van der Waals surface area contributed by atoms with Crippen LogP contribution in [0.1, 0.15) is 17.0 Å². The zero-order valence-electron chi connectivity index (χ0n) is 15.3. The molecule has 1 N–H and O–H groups in total. The van der Waals surface area contributed by atoms with Gasteiger partial charge in [0.2, 0.25) is 5.95 Å². The number of hydrogen-bond donors (Lipinski definition) is 1. The van der Waals surface area contributed by atoms with Crippen LogP contribution in [0.4, 0.5) is 5.95 Å². The second kappa shape index (κ2) is 7.70. The molecule has 2 heterocycles. The maximum absolute atomic E-state index is 11.8. The first kappa shape index (κ1) is 18.1. The number of likely N-dealkylation sites (tertiary alicyclic amines) is 1. The number of carbonyl (C=O) groups is 1. The van der Waals surface area contributed by atoms with E-state index in [1.165, 1.54) is 0 Å². The lowest BCUT2D eigenvalue weighted by Crippen LogP contribution is -2.23. The molecule has 26 heavy (non-hydrogen) atoms. The molecule has 1 aromatic heterocycles. The number of nitrogens with zero attached hydrogens (tertiary/aromatic N) is 4. The maximum atomic E-state index is 11.8. The Morgan fingerprint density at radius 1 is 1.27 bits per heavy atom. The summed E-state index contributed by atoms with van der Waals surface area (Å²) in [6.07, 6.45) is 3.60. The lowest BCUT2D eigenvalue weighted by Gasteiger charge is -2.18. The van der Waals surface area contributed by atoms with Crippen molar-refractivity contribution < 1.29 is 14.6 Å². The van der Waals surface area contributed by atoms with Crippen LogP contribution in [0, 0.1) is 5.92 Å². The van der Waals surface area contributed by atoms with Crippen LogP contribution in [0.3, 0.4) is 0 Å². The van der Waals surface area contributed by atoms with Crippen molar-refractivity contribution in [2.45, 2.75) is 12.5 Å². The van der Waals surface area contributed by atoms with Crippen molar-refractivity contribution in [1.29, 1.82) is 0 Å². The number of hydrogen-bond acceptors (Lipinski definition) is 6. The monoisotopic (exact) mass is 356 g/mol. The maximum Gasteiger partial charge on any atom is 0.308 e. The van der Waals surface area contributed by atoms with Crippen molar-refractivity contribution >= 4 is 11.9 Å². The van der Waals surface area contributed by atoms with Gasteiger partial charge in [0.15, 0.2) is 0 Å². The van der Waals surface area contributed by atoms with Crippen LogP contribution in [-0.4, -0.2) is 60.2 Å². The highest BCUT2D eigenvalue weighted by Gasteiger charge is 2.39. The van der Waals surface area contributed by atoms with E-state index >= 15 is 0 Å². The highest BCUT2D eigenvalue weighted by atomic mass is 16.5. The topological polar surface area (TPSA) is 78.8 Å². The first-order valence-corrected chi connectivity index (χ1v) is 8.56. The summed E-state index contributed by atoms with van der Waals surface area (Å²) in [6.45, 7) is 1.78. The Labute approximate surface area is 153 Å². The molecule has 1 aliphatic heterocycles. The Bertz CT molecular complexity index is 764. The first-order chi connectivity index (χ1) is 12.5. The molecule has 138 valence electrons. The average Bonchev–Trinajstić information content (AvgIpc) is 3.06. The van der Waals surface area contributed by atoms with E-state index in [0.29, 0.717) is 25.6 Å². The molecular formula is C19H24N4O3. The molecule has 7 nitrogen and oxygen atoms in total. The number of benzene rings is 1. The molecule has 0 amide bonds. The van der Waals surface area contributed by atoms with E-state index in [1.54, 1.807) is 19.5 Å². The van der Waals surface area contributed by atoms with Gasteiger partial charge < -0.3 is 14.7 Å². The van der Waals surface area contributed by atoms with Crippen LogP contribution in [0.2, 0.25) is 0 Å². The van der Waals surface area contributed by atoms with Crippen LogP contribution < -0.4 is 9.64 Å². The number of rotatable bonds is 6. The van der Waals surface area contributed by atoms with Crippen LogP contribution in [0.15, 0.2) is 36.7 Å². The number of carboxylic acids is 1. The van der Waals surface area contributed by atoms with Gasteiger partial charge in [0, 0.05) is 57.6 Å². The summed E-state index contributed by atoms with van der Waals surface area (Å²) in [5.74, 6) is 0.0521. The smallest absolute Gasteiger partial charge is 0.308 e. The summed E-state index contributed by atoms with van der Waals surface area (Å²) >= 11 is 0. The molecular weight excluding hydrogens is 332 g/mol. The Morgan fingerprint density at radius 2 is 1.96 bits per heavy atom. The lowest BCUT2D eigenvalue weighted by molar-refractivity contribution is -0.141. The minimum atomic E-state index is -0.775. The molecule has 0 radical (unpaired) electrons. The van der Waals surface area contributed by atoms with E-state index in [1.807, 2.05) is 43.3 Å². The number of methoxy groups -OCH3 is 1. The van der Waals surface area contributed by atoms with E-state index in [9.17, 15) is 9.90 Å². The van der Waals surface area contributed by atoms with Crippen molar-refractivity contribution in [3.05, 3.63) is 47.8 Å². The fourth-order valence-corrected chi connectivity index (χ4v) is 3.47. The highest BCUT2D eigenvalue weighted by molar-refractivity contribution is 5.72. The summed E-state index contributed by atoms with van der Waals surface area (Å²) < 4.78 is 5.44. The molecule has 1 aliphatic rings. The normalized spacial score (nSPS) is 20.1. The molecule has 0 aliphatic carbocycles. The van der Waals surface area contributed by atoms with Gasteiger partial charge in [0.1, 0.15) is 5.75 Å². The molecule has 1 saturated heterocycles. The molecule has 7 heteroatoms. The second-order valence-electron chi connectivity index (χ2n) is 6.77. The predicted molar refractivity (Wildman–Crippen MR) is 98.5 cm³/mol. The minimum absolute atomic E-state index is 0.106. The van der Waals surface area contributed by atoms with E-state index < -0.39 is 11.9 Å². The average molecular weight is 356 g/mol. The summed E-state index contributed by atoms with van der Waals surface area (Å²) in [6, 6.07) is 7.66. The number of ether oxygens (including phenoxy) is 1. The molecule has 1 aromatic carbocycles. The third-order valence-corrected chi connectivity index (χ3v) is 4.75. The number of aliphatic carboxylic acids is 1. The molecule has 0 bridgehead atoms. The van der Waals surface area contributed by atoms with Gasteiger partial charge in [-0.3, -0.25) is 9.69 Å². The van der Waals surface area contributed by atoms with E-state index in [4.69, 9.17) is 4.74 Å². The highest BCUT2D eigenvalue weighted by Crippen LogP contribution is 2.38. The summed E-state index contributed by atoms with van der Waals surface area (Å²) in [7, 11) is 5.40. The summed E-state index contributed by atoms with van der Waals surface area (Å²) in [5, 5.41) is 9.69. The van der Waals surface area contributed by atoms with E-state index in [-0.39, 0.29) is 5.92 Å². The Balaban J connectivity index is 1.78. The minimum Gasteiger partial charge on any atom is -0.496 e. The number of carboxylic acid groups (broad SMARTS) is 1. The molecule has 2 atom stereocenters. The largest absolute Gasteiger partial charge is 0.496 e. The zero-order valence-corrected chi connectivity index (χ0v) is 15.3. The Kier molecular flexibility index (Phi) is 5.37. The van der Waals surface area contributed by atoms with Crippen molar-refractivity contribution in [2.24, 2.45) is 5.92 Å². The molecule has 1 fully saturated rings. The third-order valence-electron chi connectivity index (χ3n) is 4.75. The second-order valence-corrected chi connectivity index (χ2v) is 6.77. The molecule has 0 saturated carbocycles. The van der Waals surface area contributed by atoms with Gasteiger partial charge in [0.05, 0.1) is 13.0 Å². The first-order valence-electron chi connectivity index (χ1n) is 8.56. The predicted octanol–water partition coefficient (Wildman–Crippen LogP) is 1.85. The Morgan fingerprint density at radius 3 is 2.58 bits per heavy atom. The number of anilines is 1. The third kappa shape index (κ3) is 3.77. The van der Waals surface area contributed by atoms with Crippen molar-refractivity contribution in [2.75, 3.05) is 39.2 Å². The van der Waals surface area contributed by atoms with Gasteiger partial charge in [-0.1, -0.05) is 18.2 Å². The van der Waals surface area contributed by atoms with Crippen LogP contribution in [0.25, 0.3) is 0 Å². The van der Waals surface area contributed by atoms with Gasteiger partial charge in [-0.2, -0.15) is 0 Å². The lowest BCUT2D eigenvalue weighted by atomic mass is 9.88. The van der Waals surface area contributed by atoms with E-state index in [2.05, 4.69) is 14.9 Å². The van der Waals surface area contributed by atoms with Crippen LogP contribution >= 0.6 is 0 Å². The molecule has 0 spiro atoms. The van der Waals surface area contributed by atoms with Crippen LogP contribution in [-0.2, 0) is 11.3 Å². The summed E-state index contributed by atoms with van der Waals surface area (Å²) in [4.78, 5) is 24.5. The van der Waals surface area contributed by atoms with Gasteiger partial charge >= 0.3 is 5.97 Å². The van der Waals surface area contributed by atoms with Gasteiger partial charge in [-0.25, -0.2) is 9.97 Å². The van der Waals surface area contributed by atoms with Crippen molar-refractivity contribution in [1.82, 2.24) is 14.9 Å². The zero-order chi connectivity index (χ0) is 18.7. The number of para-hydroxylation sites is 1. The molecule has 2 aromatic rings. The van der Waals surface area contributed by atoms with Gasteiger partial charge in [-0.05, 0) is 11.6 Å². The summed E-state index contributed by atoms with van der Waals surface area (Å²) in [5.41, 5.74) is 1.92. The fourth-order valence-electron chi connectivity index (χ4n) is 3.47. The van der Waals surface area contributed by atoms with Crippen molar-refractivity contribution in [3.8, 4) is 5.75 Å². The standard InChI is InChI=1S/C19H24N4O3/c1-22(2)19-20-8-13(9-21-19)10-23-11-15(16(12-23)18(24)25)14-6-4-5-7-17(14)26-3/h4-9,15-16H,10-12H2,1-3H3,(H,24,25)/t15-,16+/m1/s1. The van der Waals surface area contributed by atoms with Gasteiger partial charge in [0.25, 0.3) is 0 Å². The van der Waals surface area contributed by atoms with Crippen molar-refractivity contribution in [3.63, 3.8) is 0 Å². The fraction of sp³-hybridized carbons (Fsp3) is 0.421. The molecule has 0 unspecified atom stereocenters.